The van der Waals surface area contributed by atoms with Crippen molar-refractivity contribution in [1.29, 1.82) is 0 Å². The molecule has 0 spiro atoms. The molecule has 0 saturated carbocycles. The predicted molar refractivity (Wildman–Crippen MR) is 87.0 cm³/mol. The molecule has 0 heterocycles. The molecule has 1 rings (SSSR count). The first-order valence-corrected chi connectivity index (χ1v) is 9.61. The summed E-state index contributed by atoms with van der Waals surface area (Å²) in [5, 5.41) is 3.30. The van der Waals surface area contributed by atoms with Gasteiger partial charge in [0.1, 0.15) is 10.7 Å². The molecule has 1 unspecified atom stereocenters. The molecule has 4 nitrogen and oxygen atoms in total. The Morgan fingerprint density at radius 3 is 2.67 bits per heavy atom. The molecule has 8 heteroatoms. The van der Waals surface area contributed by atoms with Crippen molar-refractivity contribution in [2.45, 2.75) is 30.0 Å². The SMILES string of the molecule is CNCc1cc(Cl)cc(S(=O)(=O)NCCC(C)SC)c1F. The Morgan fingerprint density at radius 2 is 2.10 bits per heavy atom. The molecular weight excluding hydrogens is 335 g/mol. The van der Waals surface area contributed by atoms with Crippen molar-refractivity contribution in [3.63, 3.8) is 0 Å². The van der Waals surface area contributed by atoms with Crippen molar-refractivity contribution in [2.75, 3.05) is 19.8 Å². The summed E-state index contributed by atoms with van der Waals surface area (Å²) < 4.78 is 41.1. The fourth-order valence-electron chi connectivity index (χ4n) is 1.73. The zero-order valence-electron chi connectivity index (χ0n) is 12.2. The van der Waals surface area contributed by atoms with Crippen LogP contribution in [0.1, 0.15) is 18.9 Å². The van der Waals surface area contributed by atoms with Crippen LogP contribution in [0, 0.1) is 5.82 Å². The fourth-order valence-corrected chi connectivity index (χ4v) is 3.58. The Morgan fingerprint density at radius 1 is 1.43 bits per heavy atom. The number of hydrogen-bond donors (Lipinski definition) is 2. The van der Waals surface area contributed by atoms with Gasteiger partial charge in [-0.15, -0.1) is 0 Å². The summed E-state index contributed by atoms with van der Waals surface area (Å²) in [6.45, 7) is 2.47. The number of hydrogen-bond acceptors (Lipinski definition) is 4. The van der Waals surface area contributed by atoms with Crippen molar-refractivity contribution >= 4 is 33.4 Å². The van der Waals surface area contributed by atoms with Gasteiger partial charge in [0.2, 0.25) is 10.0 Å². The number of rotatable bonds is 8. The van der Waals surface area contributed by atoms with Crippen LogP contribution in [0.25, 0.3) is 0 Å². The second kappa shape index (κ2) is 8.33. The second-order valence-corrected chi connectivity index (χ2v) is 8.09. The van der Waals surface area contributed by atoms with Gasteiger partial charge in [-0.25, -0.2) is 17.5 Å². The molecule has 120 valence electrons. The third-order valence-electron chi connectivity index (χ3n) is 2.98. The maximum absolute atomic E-state index is 14.3. The Balaban J connectivity index is 2.97. The Hall–Kier alpha value is -0.340. The standard InChI is InChI=1S/C13H20ClFN2O2S2/c1-9(20-3)4-5-17-21(18,19)12-7-11(14)6-10(8-16-2)13(12)15/h6-7,9,16-17H,4-5,8H2,1-3H3. The number of halogens is 2. The van der Waals surface area contributed by atoms with E-state index in [2.05, 4.69) is 10.0 Å². The normalized spacial score (nSPS) is 13.4. The van der Waals surface area contributed by atoms with Crippen LogP contribution in [0.2, 0.25) is 5.02 Å². The van der Waals surface area contributed by atoms with Crippen LogP contribution >= 0.6 is 23.4 Å². The fraction of sp³-hybridized carbons (Fsp3) is 0.538. The van der Waals surface area contributed by atoms with Gasteiger partial charge in [0.05, 0.1) is 0 Å². The van der Waals surface area contributed by atoms with E-state index in [1.807, 2.05) is 13.2 Å². The zero-order chi connectivity index (χ0) is 16.0. The Bertz CT molecular complexity index is 582. The smallest absolute Gasteiger partial charge is 0.243 e. The quantitative estimate of drug-likeness (QED) is 0.753. The van der Waals surface area contributed by atoms with Crippen LogP contribution in [0.4, 0.5) is 4.39 Å². The molecular formula is C13H20ClFN2O2S2. The monoisotopic (exact) mass is 354 g/mol. The Kier molecular flexibility index (Phi) is 7.42. The minimum atomic E-state index is -3.90. The first-order valence-electron chi connectivity index (χ1n) is 6.46. The lowest BCUT2D eigenvalue weighted by molar-refractivity contribution is 0.545. The molecule has 0 amide bonds. The molecule has 0 bridgehead atoms. The molecule has 1 atom stereocenters. The third kappa shape index (κ3) is 5.41. The van der Waals surface area contributed by atoms with Gasteiger partial charge >= 0.3 is 0 Å². The van der Waals surface area contributed by atoms with Gasteiger partial charge in [0, 0.05) is 28.9 Å². The van der Waals surface area contributed by atoms with Gasteiger partial charge in [-0.3, -0.25) is 0 Å². The molecule has 1 aromatic carbocycles. The van der Waals surface area contributed by atoms with E-state index in [0.717, 1.165) is 6.07 Å². The van der Waals surface area contributed by atoms with Crippen LogP contribution in [0.3, 0.4) is 0 Å². The van der Waals surface area contributed by atoms with Crippen LogP contribution < -0.4 is 10.0 Å². The van der Waals surface area contributed by atoms with Crippen LogP contribution in [0.15, 0.2) is 17.0 Å². The van der Waals surface area contributed by atoms with Gasteiger partial charge in [-0.2, -0.15) is 11.8 Å². The highest BCUT2D eigenvalue weighted by molar-refractivity contribution is 7.99. The van der Waals surface area contributed by atoms with Crippen molar-refractivity contribution in [3.8, 4) is 0 Å². The van der Waals surface area contributed by atoms with Crippen molar-refractivity contribution in [3.05, 3.63) is 28.5 Å². The summed E-state index contributed by atoms with van der Waals surface area (Å²) in [7, 11) is -2.26. The molecule has 21 heavy (non-hydrogen) atoms. The minimum absolute atomic E-state index is 0.194. The first-order chi connectivity index (χ1) is 9.81. The first kappa shape index (κ1) is 18.7. The zero-order valence-corrected chi connectivity index (χ0v) is 14.6. The summed E-state index contributed by atoms with van der Waals surface area (Å²) in [6.07, 6.45) is 2.63. The highest BCUT2D eigenvalue weighted by atomic mass is 35.5. The lowest BCUT2D eigenvalue weighted by Crippen LogP contribution is -2.27. The van der Waals surface area contributed by atoms with Crippen molar-refractivity contribution in [2.24, 2.45) is 0 Å². The van der Waals surface area contributed by atoms with E-state index in [1.165, 1.54) is 6.07 Å². The van der Waals surface area contributed by atoms with Gasteiger partial charge < -0.3 is 5.32 Å². The van der Waals surface area contributed by atoms with E-state index in [-0.39, 0.29) is 23.7 Å². The summed E-state index contributed by atoms with van der Waals surface area (Å²) in [5.41, 5.74) is 0.225. The molecule has 0 saturated heterocycles. The van der Waals surface area contributed by atoms with E-state index >= 15 is 0 Å². The van der Waals surface area contributed by atoms with Gasteiger partial charge in [-0.1, -0.05) is 18.5 Å². The summed E-state index contributed by atoms with van der Waals surface area (Å²) in [4.78, 5) is -0.406. The molecule has 0 aliphatic rings. The number of thioether (sulfide) groups is 1. The average Bonchev–Trinajstić information content (AvgIpc) is 2.42. The molecule has 0 radical (unpaired) electrons. The number of benzene rings is 1. The van der Waals surface area contributed by atoms with Crippen LogP contribution in [-0.4, -0.2) is 33.5 Å². The lowest BCUT2D eigenvalue weighted by Gasteiger charge is -2.12. The van der Waals surface area contributed by atoms with E-state index in [0.29, 0.717) is 11.7 Å². The molecule has 1 aromatic rings. The molecule has 0 aromatic heterocycles. The Labute approximate surface area is 134 Å². The molecule has 0 fully saturated rings. The molecule has 0 aliphatic heterocycles. The van der Waals surface area contributed by atoms with E-state index in [4.69, 9.17) is 11.6 Å². The topological polar surface area (TPSA) is 58.2 Å². The number of nitrogens with one attached hydrogen (secondary N) is 2. The molecule has 2 N–H and O–H groups in total. The predicted octanol–water partition coefficient (Wildman–Crippen LogP) is 2.62. The largest absolute Gasteiger partial charge is 0.316 e. The minimum Gasteiger partial charge on any atom is -0.316 e. The summed E-state index contributed by atoms with van der Waals surface area (Å²) in [5.74, 6) is -0.765. The lowest BCUT2D eigenvalue weighted by atomic mass is 10.2. The second-order valence-electron chi connectivity index (χ2n) is 4.64. The van der Waals surface area contributed by atoms with E-state index < -0.39 is 20.7 Å². The van der Waals surface area contributed by atoms with Gasteiger partial charge in [0.25, 0.3) is 0 Å². The summed E-state index contributed by atoms with van der Waals surface area (Å²) >= 11 is 7.53. The molecule has 0 aliphatic carbocycles. The highest BCUT2D eigenvalue weighted by Gasteiger charge is 2.22. The van der Waals surface area contributed by atoms with Crippen LogP contribution in [-0.2, 0) is 16.6 Å². The third-order valence-corrected chi connectivity index (χ3v) is 5.70. The summed E-state index contributed by atoms with van der Waals surface area (Å²) in [6, 6.07) is 2.55. The number of sulfonamides is 1. The van der Waals surface area contributed by atoms with Crippen molar-refractivity contribution < 1.29 is 12.8 Å². The van der Waals surface area contributed by atoms with E-state index in [9.17, 15) is 12.8 Å². The highest BCUT2D eigenvalue weighted by Crippen LogP contribution is 2.24. The van der Waals surface area contributed by atoms with Gasteiger partial charge in [-0.05, 0) is 31.9 Å². The maximum atomic E-state index is 14.3. The van der Waals surface area contributed by atoms with Gasteiger partial charge in [0.15, 0.2) is 0 Å². The average molecular weight is 355 g/mol. The maximum Gasteiger partial charge on any atom is 0.243 e. The van der Waals surface area contributed by atoms with E-state index in [1.54, 1.807) is 18.8 Å². The van der Waals surface area contributed by atoms with Crippen LogP contribution in [0.5, 0.6) is 0 Å². The van der Waals surface area contributed by atoms with Crippen molar-refractivity contribution in [1.82, 2.24) is 10.0 Å².